The SMILES string of the molecule is COc1ccc2nccc(Oc3ccc(CC(=O)O)c(OC)c3)c2c1. The van der Waals surface area contributed by atoms with Crippen molar-refractivity contribution in [2.75, 3.05) is 14.2 Å². The third-order valence-corrected chi connectivity index (χ3v) is 3.74. The van der Waals surface area contributed by atoms with E-state index < -0.39 is 5.97 Å². The molecule has 6 heteroatoms. The molecule has 0 saturated heterocycles. The average Bonchev–Trinajstić information content (AvgIpc) is 2.62. The van der Waals surface area contributed by atoms with Gasteiger partial charge in [0.05, 0.1) is 26.2 Å². The number of benzene rings is 2. The van der Waals surface area contributed by atoms with Gasteiger partial charge in [-0.25, -0.2) is 0 Å². The van der Waals surface area contributed by atoms with E-state index in [-0.39, 0.29) is 6.42 Å². The van der Waals surface area contributed by atoms with Gasteiger partial charge >= 0.3 is 5.97 Å². The zero-order valence-corrected chi connectivity index (χ0v) is 13.9. The molecule has 0 aliphatic rings. The highest BCUT2D eigenvalue weighted by atomic mass is 16.5. The van der Waals surface area contributed by atoms with Gasteiger partial charge in [-0.3, -0.25) is 9.78 Å². The first kappa shape index (κ1) is 16.6. The Morgan fingerprint density at radius 1 is 1.00 bits per heavy atom. The number of aliphatic carboxylic acids is 1. The van der Waals surface area contributed by atoms with Gasteiger partial charge in [0.15, 0.2) is 0 Å². The predicted octanol–water partition coefficient (Wildman–Crippen LogP) is 3.67. The number of pyridine rings is 1. The molecule has 1 N–H and O–H groups in total. The summed E-state index contributed by atoms with van der Waals surface area (Å²) in [4.78, 5) is 15.2. The number of rotatable bonds is 6. The molecule has 0 saturated carbocycles. The van der Waals surface area contributed by atoms with E-state index >= 15 is 0 Å². The Morgan fingerprint density at radius 2 is 1.80 bits per heavy atom. The predicted molar refractivity (Wildman–Crippen MR) is 92.7 cm³/mol. The smallest absolute Gasteiger partial charge is 0.307 e. The minimum Gasteiger partial charge on any atom is -0.497 e. The van der Waals surface area contributed by atoms with E-state index in [1.54, 1.807) is 37.6 Å². The Labute approximate surface area is 144 Å². The summed E-state index contributed by atoms with van der Waals surface area (Å²) in [6, 6.07) is 12.4. The van der Waals surface area contributed by atoms with Crippen molar-refractivity contribution in [3.8, 4) is 23.0 Å². The van der Waals surface area contributed by atoms with Crippen LogP contribution in [-0.4, -0.2) is 30.3 Å². The number of nitrogens with zero attached hydrogens (tertiary/aromatic N) is 1. The monoisotopic (exact) mass is 339 g/mol. The molecule has 2 aromatic carbocycles. The highest BCUT2D eigenvalue weighted by Gasteiger charge is 2.11. The Morgan fingerprint density at radius 3 is 2.52 bits per heavy atom. The molecular weight excluding hydrogens is 322 g/mol. The normalized spacial score (nSPS) is 10.5. The number of fused-ring (bicyclic) bond motifs is 1. The maximum Gasteiger partial charge on any atom is 0.307 e. The van der Waals surface area contributed by atoms with E-state index in [1.807, 2.05) is 18.2 Å². The van der Waals surface area contributed by atoms with Crippen molar-refractivity contribution in [2.45, 2.75) is 6.42 Å². The molecule has 1 aromatic heterocycles. The van der Waals surface area contributed by atoms with E-state index in [0.717, 1.165) is 10.9 Å². The number of carboxylic acids is 1. The summed E-state index contributed by atoms with van der Waals surface area (Å²) in [5.74, 6) is 1.42. The zero-order chi connectivity index (χ0) is 17.8. The first-order chi connectivity index (χ1) is 12.1. The van der Waals surface area contributed by atoms with Gasteiger partial charge < -0.3 is 19.3 Å². The number of methoxy groups -OCH3 is 2. The lowest BCUT2D eigenvalue weighted by Crippen LogP contribution is -2.02. The summed E-state index contributed by atoms with van der Waals surface area (Å²) in [6.07, 6.45) is 1.55. The lowest BCUT2D eigenvalue weighted by atomic mass is 10.1. The molecule has 0 aliphatic carbocycles. The molecule has 6 nitrogen and oxygen atoms in total. The van der Waals surface area contributed by atoms with Crippen LogP contribution in [0, 0.1) is 0 Å². The Bertz CT molecular complexity index is 923. The van der Waals surface area contributed by atoms with E-state index in [0.29, 0.717) is 28.6 Å². The summed E-state index contributed by atoms with van der Waals surface area (Å²) in [5.41, 5.74) is 1.37. The molecule has 0 spiro atoms. The molecule has 3 rings (SSSR count). The van der Waals surface area contributed by atoms with Crippen LogP contribution in [-0.2, 0) is 11.2 Å². The molecule has 0 amide bonds. The molecule has 0 fully saturated rings. The van der Waals surface area contributed by atoms with Crippen molar-refractivity contribution in [1.82, 2.24) is 4.98 Å². The van der Waals surface area contributed by atoms with E-state index in [4.69, 9.17) is 19.3 Å². The van der Waals surface area contributed by atoms with E-state index in [1.165, 1.54) is 7.11 Å². The second-order valence-electron chi connectivity index (χ2n) is 5.34. The largest absolute Gasteiger partial charge is 0.497 e. The number of hydrogen-bond donors (Lipinski definition) is 1. The zero-order valence-electron chi connectivity index (χ0n) is 13.9. The number of aromatic nitrogens is 1. The molecule has 0 bridgehead atoms. The minimum absolute atomic E-state index is 0.112. The second-order valence-corrected chi connectivity index (χ2v) is 5.34. The fourth-order valence-corrected chi connectivity index (χ4v) is 2.54. The minimum atomic E-state index is -0.917. The lowest BCUT2D eigenvalue weighted by molar-refractivity contribution is -0.136. The lowest BCUT2D eigenvalue weighted by Gasteiger charge is -2.12. The van der Waals surface area contributed by atoms with E-state index in [2.05, 4.69) is 4.98 Å². The standard InChI is InChI=1S/C19H17NO5/c1-23-13-5-6-16-15(10-13)17(7-8-20-16)25-14-4-3-12(9-19(21)22)18(11-14)24-2/h3-8,10-11H,9H2,1-2H3,(H,21,22). The van der Waals surface area contributed by atoms with Gasteiger partial charge in [0.1, 0.15) is 23.0 Å². The summed E-state index contributed by atoms with van der Waals surface area (Å²) in [7, 11) is 3.10. The van der Waals surface area contributed by atoms with Crippen molar-refractivity contribution in [3.05, 3.63) is 54.2 Å². The Hall–Kier alpha value is -3.28. The van der Waals surface area contributed by atoms with Gasteiger partial charge in [0.25, 0.3) is 0 Å². The van der Waals surface area contributed by atoms with Crippen LogP contribution in [0.4, 0.5) is 0 Å². The van der Waals surface area contributed by atoms with Crippen LogP contribution in [0.25, 0.3) is 10.9 Å². The van der Waals surface area contributed by atoms with Crippen LogP contribution < -0.4 is 14.2 Å². The molecule has 1 heterocycles. The average molecular weight is 339 g/mol. The Kier molecular flexibility index (Phi) is 4.70. The maximum atomic E-state index is 10.9. The fourth-order valence-electron chi connectivity index (χ4n) is 2.54. The maximum absolute atomic E-state index is 10.9. The molecule has 128 valence electrons. The van der Waals surface area contributed by atoms with Gasteiger partial charge in [0.2, 0.25) is 0 Å². The van der Waals surface area contributed by atoms with Crippen molar-refractivity contribution in [1.29, 1.82) is 0 Å². The third kappa shape index (κ3) is 3.63. The number of ether oxygens (including phenoxy) is 3. The molecular formula is C19H17NO5. The van der Waals surface area contributed by atoms with Crippen LogP contribution in [0.1, 0.15) is 5.56 Å². The van der Waals surface area contributed by atoms with Crippen molar-refractivity contribution in [2.24, 2.45) is 0 Å². The van der Waals surface area contributed by atoms with Gasteiger partial charge in [-0.05, 0) is 30.3 Å². The fraction of sp³-hybridized carbons (Fsp3) is 0.158. The molecule has 0 aliphatic heterocycles. The van der Waals surface area contributed by atoms with Gasteiger partial charge in [0, 0.05) is 23.2 Å². The summed E-state index contributed by atoms with van der Waals surface area (Å²) in [6.45, 7) is 0. The number of carbonyl (C=O) groups is 1. The van der Waals surface area contributed by atoms with Crippen molar-refractivity contribution < 1.29 is 24.1 Å². The number of hydrogen-bond acceptors (Lipinski definition) is 5. The first-order valence-corrected chi connectivity index (χ1v) is 7.60. The van der Waals surface area contributed by atoms with Crippen LogP contribution in [0.2, 0.25) is 0 Å². The highest BCUT2D eigenvalue weighted by Crippen LogP contribution is 2.33. The molecule has 0 unspecified atom stereocenters. The van der Waals surface area contributed by atoms with Gasteiger partial charge in [-0.2, -0.15) is 0 Å². The quantitative estimate of drug-likeness (QED) is 0.738. The molecule has 25 heavy (non-hydrogen) atoms. The Balaban J connectivity index is 1.97. The first-order valence-electron chi connectivity index (χ1n) is 7.60. The van der Waals surface area contributed by atoms with Crippen molar-refractivity contribution >= 4 is 16.9 Å². The van der Waals surface area contributed by atoms with E-state index in [9.17, 15) is 4.79 Å². The molecule has 0 radical (unpaired) electrons. The van der Waals surface area contributed by atoms with Crippen LogP contribution in [0.3, 0.4) is 0 Å². The topological polar surface area (TPSA) is 77.9 Å². The summed E-state index contributed by atoms with van der Waals surface area (Å²) < 4.78 is 16.5. The second kappa shape index (κ2) is 7.09. The molecule has 0 atom stereocenters. The summed E-state index contributed by atoms with van der Waals surface area (Å²) in [5, 5.41) is 9.77. The summed E-state index contributed by atoms with van der Waals surface area (Å²) >= 11 is 0. The van der Waals surface area contributed by atoms with Gasteiger partial charge in [-0.15, -0.1) is 0 Å². The van der Waals surface area contributed by atoms with Crippen LogP contribution in [0.15, 0.2) is 48.7 Å². The number of carboxylic acid groups (broad SMARTS) is 1. The van der Waals surface area contributed by atoms with Gasteiger partial charge in [-0.1, -0.05) is 6.07 Å². The van der Waals surface area contributed by atoms with Crippen LogP contribution >= 0.6 is 0 Å². The van der Waals surface area contributed by atoms with Crippen molar-refractivity contribution in [3.63, 3.8) is 0 Å². The van der Waals surface area contributed by atoms with Crippen LogP contribution in [0.5, 0.6) is 23.0 Å². The third-order valence-electron chi connectivity index (χ3n) is 3.74. The highest BCUT2D eigenvalue weighted by molar-refractivity contribution is 5.86. The molecule has 3 aromatic rings.